The van der Waals surface area contributed by atoms with Gasteiger partial charge in [0.1, 0.15) is 17.1 Å². The minimum Gasteiger partial charge on any atom is -0.494 e. The molecular weight excluding hydrogens is 416 g/mol. The highest BCUT2D eigenvalue weighted by molar-refractivity contribution is 5.89. The van der Waals surface area contributed by atoms with E-state index in [-0.39, 0.29) is 5.91 Å². The zero-order chi connectivity index (χ0) is 23.4. The van der Waals surface area contributed by atoms with Gasteiger partial charge in [-0.3, -0.25) is 4.79 Å². The van der Waals surface area contributed by atoms with Crippen LogP contribution in [0, 0.1) is 20.8 Å². The van der Waals surface area contributed by atoms with Gasteiger partial charge in [0.05, 0.1) is 7.11 Å². The van der Waals surface area contributed by atoms with E-state index >= 15 is 0 Å². The molecule has 0 bridgehead atoms. The van der Waals surface area contributed by atoms with Gasteiger partial charge < -0.3 is 19.9 Å². The van der Waals surface area contributed by atoms with Crippen molar-refractivity contribution < 1.29 is 9.53 Å². The lowest BCUT2D eigenvalue weighted by Gasteiger charge is -2.35. The molecule has 0 spiro atoms. The maximum absolute atomic E-state index is 12.7. The van der Waals surface area contributed by atoms with Crippen LogP contribution in [0.25, 0.3) is 10.9 Å². The van der Waals surface area contributed by atoms with Gasteiger partial charge in [0, 0.05) is 55.9 Å². The summed E-state index contributed by atoms with van der Waals surface area (Å²) in [4.78, 5) is 30.5. The largest absolute Gasteiger partial charge is 0.494 e. The second kappa shape index (κ2) is 10.0. The van der Waals surface area contributed by atoms with Crippen LogP contribution in [0.15, 0.2) is 30.3 Å². The van der Waals surface area contributed by atoms with Crippen molar-refractivity contribution in [3.8, 4) is 5.75 Å². The third-order valence-electron chi connectivity index (χ3n) is 6.00. The lowest BCUT2D eigenvalue weighted by atomic mass is 10.1. The minimum atomic E-state index is 0.196. The van der Waals surface area contributed by atoms with Crippen LogP contribution in [-0.4, -0.2) is 65.6 Å². The zero-order valence-electron chi connectivity index (χ0n) is 19.9. The third kappa shape index (κ3) is 5.32. The average molecular weight is 449 g/mol. The van der Waals surface area contributed by atoms with E-state index in [1.807, 2.05) is 36.9 Å². The number of carbonyl (C=O) groups is 1. The first-order chi connectivity index (χ1) is 15.9. The molecule has 1 fully saturated rings. The summed E-state index contributed by atoms with van der Waals surface area (Å²) in [5, 5.41) is 4.33. The molecule has 1 aliphatic rings. The number of piperazine rings is 1. The van der Waals surface area contributed by atoms with E-state index in [4.69, 9.17) is 9.72 Å². The van der Waals surface area contributed by atoms with Crippen molar-refractivity contribution in [1.29, 1.82) is 0 Å². The molecule has 3 aromatic rings. The summed E-state index contributed by atoms with van der Waals surface area (Å²) in [5.74, 6) is 2.55. The van der Waals surface area contributed by atoms with Gasteiger partial charge >= 0.3 is 0 Å². The Morgan fingerprint density at radius 3 is 2.45 bits per heavy atom. The first kappa shape index (κ1) is 22.8. The van der Waals surface area contributed by atoms with Crippen LogP contribution in [0.4, 0.5) is 11.8 Å². The summed E-state index contributed by atoms with van der Waals surface area (Å²) in [6, 6.07) is 10.1. The Morgan fingerprint density at radius 1 is 1.03 bits per heavy atom. The lowest BCUT2D eigenvalue weighted by Crippen LogP contribution is -2.49. The number of hydrogen-bond donors (Lipinski definition) is 1. The van der Waals surface area contributed by atoms with Crippen molar-refractivity contribution in [2.24, 2.45) is 0 Å². The Balaban J connectivity index is 1.29. The second-order valence-corrected chi connectivity index (χ2v) is 8.53. The number of pyridine rings is 1. The van der Waals surface area contributed by atoms with Crippen LogP contribution in [0.2, 0.25) is 0 Å². The number of aryl methyl sites for hydroxylation is 3. The molecule has 8 nitrogen and oxygen atoms in total. The molecule has 174 valence electrons. The van der Waals surface area contributed by atoms with Crippen LogP contribution < -0.4 is 15.0 Å². The molecule has 33 heavy (non-hydrogen) atoms. The molecule has 0 radical (unpaired) electrons. The predicted molar refractivity (Wildman–Crippen MR) is 131 cm³/mol. The molecule has 0 aliphatic carbocycles. The van der Waals surface area contributed by atoms with Crippen molar-refractivity contribution in [3.05, 3.63) is 47.3 Å². The SMILES string of the molecule is COc1cccc2c(C)cc(N3CCN(C(=O)CCCNc4nc(C)cc(C)n4)CC3)nc12. The Morgan fingerprint density at radius 2 is 1.76 bits per heavy atom. The second-order valence-electron chi connectivity index (χ2n) is 8.53. The van der Waals surface area contributed by atoms with Crippen molar-refractivity contribution in [3.63, 3.8) is 0 Å². The molecule has 1 N–H and O–H groups in total. The van der Waals surface area contributed by atoms with E-state index in [0.717, 1.165) is 53.4 Å². The molecule has 1 aliphatic heterocycles. The normalized spacial score (nSPS) is 13.9. The fourth-order valence-corrected chi connectivity index (χ4v) is 4.29. The molecule has 0 saturated carbocycles. The highest BCUT2D eigenvalue weighted by atomic mass is 16.5. The third-order valence-corrected chi connectivity index (χ3v) is 6.00. The van der Waals surface area contributed by atoms with E-state index in [0.29, 0.717) is 32.0 Å². The van der Waals surface area contributed by atoms with Crippen molar-refractivity contribution >= 4 is 28.6 Å². The van der Waals surface area contributed by atoms with Crippen LogP contribution >= 0.6 is 0 Å². The smallest absolute Gasteiger partial charge is 0.223 e. The Labute approximate surface area is 195 Å². The summed E-state index contributed by atoms with van der Waals surface area (Å²) in [6.07, 6.45) is 1.27. The van der Waals surface area contributed by atoms with Crippen molar-refractivity contribution in [2.45, 2.75) is 33.6 Å². The van der Waals surface area contributed by atoms with E-state index in [2.05, 4.69) is 39.2 Å². The van der Waals surface area contributed by atoms with Crippen LogP contribution in [0.1, 0.15) is 29.8 Å². The van der Waals surface area contributed by atoms with Gasteiger partial charge in [-0.2, -0.15) is 0 Å². The summed E-state index contributed by atoms with van der Waals surface area (Å²) in [7, 11) is 1.67. The Kier molecular flexibility index (Phi) is 6.91. The number of carbonyl (C=O) groups excluding carboxylic acids is 1. The predicted octanol–water partition coefficient (Wildman–Crippen LogP) is 3.50. The maximum atomic E-state index is 12.7. The summed E-state index contributed by atoms with van der Waals surface area (Å²) in [6.45, 7) is 9.64. The van der Waals surface area contributed by atoms with Crippen molar-refractivity contribution in [2.75, 3.05) is 50.1 Å². The Hall–Kier alpha value is -3.42. The molecule has 0 atom stereocenters. The summed E-state index contributed by atoms with van der Waals surface area (Å²) in [5.41, 5.74) is 3.93. The number of rotatable bonds is 7. The molecule has 0 unspecified atom stereocenters. The first-order valence-corrected chi connectivity index (χ1v) is 11.5. The number of methoxy groups -OCH3 is 1. The van der Waals surface area contributed by atoms with Crippen LogP contribution in [0.5, 0.6) is 5.75 Å². The first-order valence-electron chi connectivity index (χ1n) is 11.5. The number of para-hydroxylation sites is 1. The molecule has 1 saturated heterocycles. The number of hydrogen-bond acceptors (Lipinski definition) is 7. The summed E-state index contributed by atoms with van der Waals surface area (Å²) >= 11 is 0. The Bertz CT molecular complexity index is 1120. The lowest BCUT2D eigenvalue weighted by molar-refractivity contribution is -0.131. The molecule has 3 heterocycles. The average Bonchev–Trinajstić information content (AvgIpc) is 2.81. The molecule has 8 heteroatoms. The van der Waals surface area contributed by atoms with Gasteiger partial charge in [-0.05, 0) is 51.0 Å². The van der Waals surface area contributed by atoms with E-state index < -0.39 is 0 Å². The topological polar surface area (TPSA) is 83.5 Å². The highest BCUT2D eigenvalue weighted by Gasteiger charge is 2.22. The van der Waals surface area contributed by atoms with Gasteiger partial charge in [-0.15, -0.1) is 0 Å². The highest BCUT2D eigenvalue weighted by Crippen LogP contribution is 2.29. The molecule has 1 amide bonds. The van der Waals surface area contributed by atoms with E-state index in [1.54, 1.807) is 7.11 Å². The van der Waals surface area contributed by atoms with Crippen molar-refractivity contribution in [1.82, 2.24) is 19.9 Å². The number of amides is 1. The van der Waals surface area contributed by atoms with Gasteiger partial charge in [0.15, 0.2) is 0 Å². The van der Waals surface area contributed by atoms with E-state index in [1.165, 1.54) is 5.56 Å². The molecule has 1 aromatic carbocycles. The quantitative estimate of drug-likeness (QED) is 0.554. The molecule has 4 rings (SSSR count). The number of nitrogens with zero attached hydrogens (tertiary/aromatic N) is 5. The van der Waals surface area contributed by atoms with Gasteiger partial charge in [0.2, 0.25) is 11.9 Å². The number of benzene rings is 1. The number of anilines is 2. The number of ether oxygens (including phenoxy) is 1. The molecule has 2 aromatic heterocycles. The summed E-state index contributed by atoms with van der Waals surface area (Å²) < 4.78 is 5.51. The number of aromatic nitrogens is 3. The van der Waals surface area contributed by atoms with Gasteiger partial charge in [0.25, 0.3) is 0 Å². The number of nitrogens with one attached hydrogen (secondary N) is 1. The standard InChI is InChI=1S/C25H32N6O2/c1-17-15-22(29-24-20(17)7-5-8-21(24)33-4)30-11-13-31(14-12-30)23(32)9-6-10-26-25-27-18(2)16-19(3)28-25/h5,7-8,15-16H,6,9-14H2,1-4H3,(H,26,27,28). The van der Waals surface area contributed by atoms with Crippen LogP contribution in [-0.2, 0) is 4.79 Å². The van der Waals surface area contributed by atoms with Crippen LogP contribution in [0.3, 0.4) is 0 Å². The molecular formula is C25H32N6O2. The fraction of sp³-hybridized carbons (Fsp3) is 0.440. The van der Waals surface area contributed by atoms with Gasteiger partial charge in [-0.25, -0.2) is 15.0 Å². The maximum Gasteiger partial charge on any atom is 0.223 e. The number of fused-ring (bicyclic) bond motifs is 1. The van der Waals surface area contributed by atoms with Gasteiger partial charge in [-0.1, -0.05) is 12.1 Å². The fourth-order valence-electron chi connectivity index (χ4n) is 4.29. The zero-order valence-corrected chi connectivity index (χ0v) is 19.9. The minimum absolute atomic E-state index is 0.196. The van der Waals surface area contributed by atoms with E-state index in [9.17, 15) is 4.79 Å². The monoisotopic (exact) mass is 448 g/mol.